The van der Waals surface area contributed by atoms with E-state index in [2.05, 4.69) is 66.4 Å². The van der Waals surface area contributed by atoms with E-state index in [4.69, 9.17) is 0 Å². The maximum absolute atomic E-state index is 2.53. The van der Waals surface area contributed by atoms with Gasteiger partial charge in [0.05, 0.1) is 0 Å². The summed E-state index contributed by atoms with van der Waals surface area (Å²) in [4.78, 5) is 5.03. The van der Waals surface area contributed by atoms with Crippen LogP contribution in [0.25, 0.3) is 0 Å². The first-order valence-electron chi connectivity index (χ1n) is 8.09. The quantitative estimate of drug-likeness (QED) is 0.653. The molecule has 1 atom stereocenters. The largest absolute Gasteiger partial charge is 0.356 e. The molecule has 0 spiro atoms. The zero-order chi connectivity index (χ0) is 14.2. The average molecular weight is 272 g/mol. The molecular weight excluding hydrogens is 244 g/mol. The van der Waals surface area contributed by atoms with E-state index in [0.29, 0.717) is 6.17 Å². The monoisotopic (exact) mass is 272 g/mol. The minimum Gasteiger partial charge on any atom is -0.356 e. The Balaban J connectivity index is 1.98. The molecule has 0 amide bonds. The molecule has 1 aliphatic rings. The zero-order valence-corrected chi connectivity index (χ0v) is 13.0. The van der Waals surface area contributed by atoms with Gasteiger partial charge in [-0.25, -0.2) is 0 Å². The Labute approximate surface area is 124 Å². The molecule has 110 valence electrons. The van der Waals surface area contributed by atoms with Crippen LogP contribution in [0.3, 0.4) is 0 Å². The lowest BCUT2D eigenvalue weighted by molar-refractivity contribution is 0.150. The standard InChI is InChI=1S/C18H28N2/c1-3-5-9-13-20-15-14-19(12-4-2)18(20)16-17-10-7-6-8-11-17/h6-8,10-11,14-15,18H,3-5,9,12-13,16H2,1-2H3. The van der Waals surface area contributed by atoms with Crippen molar-refractivity contribution in [2.75, 3.05) is 13.1 Å². The predicted molar refractivity (Wildman–Crippen MR) is 86.3 cm³/mol. The highest BCUT2D eigenvalue weighted by Crippen LogP contribution is 2.21. The minimum atomic E-state index is 0.509. The highest BCUT2D eigenvalue weighted by atomic mass is 15.4. The number of benzene rings is 1. The number of hydrogen-bond donors (Lipinski definition) is 0. The summed E-state index contributed by atoms with van der Waals surface area (Å²) in [5, 5.41) is 0. The van der Waals surface area contributed by atoms with E-state index in [1.165, 1.54) is 37.8 Å². The second-order valence-corrected chi connectivity index (χ2v) is 5.65. The van der Waals surface area contributed by atoms with E-state index in [9.17, 15) is 0 Å². The van der Waals surface area contributed by atoms with Gasteiger partial charge in [-0.1, -0.05) is 57.0 Å². The molecule has 0 fully saturated rings. The molecule has 0 radical (unpaired) electrons. The molecule has 20 heavy (non-hydrogen) atoms. The lowest BCUT2D eigenvalue weighted by Crippen LogP contribution is -2.41. The molecule has 1 aromatic carbocycles. The van der Waals surface area contributed by atoms with Crippen molar-refractivity contribution in [3.8, 4) is 0 Å². The highest BCUT2D eigenvalue weighted by Gasteiger charge is 2.25. The number of nitrogens with zero attached hydrogens (tertiary/aromatic N) is 2. The average Bonchev–Trinajstić information content (AvgIpc) is 2.84. The number of hydrogen-bond acceptors (Lipinski definition) is 2. The Morgan fingerprint density at radius 2 is 1.55 bits per heavy atom. The lowest BCUT2D eigenvalue weighted by atomic mass is 10.1. The van der Waals surface area contributed by atoms with Crippen molar-refractivity contribution in [1.82, 2.24) is 9.80 Å². The summed E-state index contributed by atoms with van der Waals surface area (Å²) in [7, 11) is 0. The van der Waals surface area contributed by atoms with Crippen molar-refractivity contribution in [2.24, 2.45) is 0 Å². The molecule has 2 nitrogen and oxygen atoms in total. The molecule has 1 aromatic rings. The van der Waals surface area contributed by atoms with Crippen molar-refractivity contribution in [2.45, 2.75) is 52.1 Å². The summed E-state index contributed by atoms with van der Waals surface area (Å²) < 4.78 is 0. The van der Waals surface area contributed by atoms with Gasteiger partial charge in [0, 0.05) is 31.9 Å². The fraction of sp³-hybridized carbons (Fsp3) is 0.556. The van der Waals surface area contributed by atoms with Crippen LogP contribution >= 0.6 is 0 Å². The first-order valence-corrected chi connectivity index (χ1v) is 8.09. The van der Waals surface area contributed by atoms with E-state index in [0.717, 1.165) is 13.0 Å². The van der Waals surface area contributed by atoms with E-state index in [-0.39, 0.29) is 0 Å². The fourth-order valence-electron chi connectivity index (χ4n) is 2.87. The summed E-state index contributed by atoms with van der Waals surface area (Å²) in [5.74, 6) is 0. The molecule has 0 saturated carbocycles. The third kappa shape index (κ3) is 4.03. The van der Waals surface area contributed by atoms with Gasteiger partial charge in [0.15, 0.2) is 0 Å². The first-order chi connectivity index (χ1) is 9.85. The van der Waals surface area contributed by atoms with Gasteiger partial charge in [0.25, 0.3) is 0 Å². The summed E-state index contributed by atoms with van der Waals surface area (Å²) in [6.45, 7) is 6.86. The normalized spacial score (nSPS) is 18.0. The van der Waals surface area contributed by atoms with Crippen molar-refractivity contribution in [3.63, 3.8) is 0 Å². The summed E-state index contributed by atoms with van der Waals surface area (Å²) in [5.41, 5.74) is 1.43. The van der Waals surface area contributed by atoms with Gasteiger partial charge in [0.1, 0.15) is 6.17 Å². The smallest absolute Gasteiger partial charge is 0.105 e. The Bertz CT molecular complexity index is 399. The van der Waals surface area contributed by atoms with E-state index in [1.807, 2.05) is 0 Å². The van der Waals surface area contributed by atoms with Crippen LogP contribution in [-0.4, -0.2) is 29.1 Å². The van der Waals surface area contributed by atoms with Crippen LogP contribution in [0.1, 0.15) is 45.1 Å². The van der Waals surface area contributed by atoms with Gasteiger partial charge in [0.2, 0.25) is 0 Å². The maximum atomic E-state index is 2.53. The fourth-order valence-corrected chi connectivity index (χ4v) is 2.87. The Kier molecular flexibility index (Phi) is 5.97. The molecule has 1 heterocycles. The predicted octanol–water partition coefficient (Wildman–Crippen LogP) is 4.24. The first kappa shape index (κ1) is 15.0. The molecule has 1 aliphatic heterocycles. The van der Waals surface area contributed by atoms with E-state index in [1.54, 1.807) is 0 Å². The van der Waals surface area contributed by atoms with Crippen LogP contribution in [0.5, 0.6) is 0 Å². The molecule has 0 aliphatic carbocycles. The SMILES string of the molecule is CCCCCN1C=CN(CCC)C1Cc1ccccc1. The Hall–Kier alpha value is -1.44. The molecule has 0 N–H and O–H groups in total. The second-order valence-electron chi connectivity index (χ2n) is 5.65. The topological polar surface area (TPSA) is 6.48 Å². The summed E-state index contributed by atoms with van der Waals surface area (Å²) in [6.07, 6.45) is 11.3. The molecule has 1 unspecified atom stereocenters. The lowest BCUT2D eigenvalue weighted by Gasteiger charge is -2.33. The van der Waals surface area contributed by atoms with Crippen molar-refractivity contribution < 1.29 is 0 Å². The van der Waals surface area contributed by atoms with Gasteiger partial charge in [-0.3, -0.25) is 0 Å². The van der Waals surface area contributed by atoms with Gasteiger partial charge in [-0.2, -0.15) is 0 Å². The van der Waals surface area contributed by atoms with Crippen LogP contribution in [0.4, 0.5) is 0 Å². The van der Waals surface area contributed by atoms with E-state index < -0.39 is 0 Å². The van der Waals surface area contributed by atoms with Crippen LogP contribution in [0, 0.1) is 0 Å². The maximum Gasteiger partial charge on any atom is 0.105 e. The minimum absolute atomic E-state index is 0.509. The van der Waals surface area contributed by atoms with Crippen LogP contribution in [0.15, 0.2) is 42.7 Å². The molecular formula is C18H28N2. The van der Waals surface area contributed by atoms with E-state index >= 15 is 0 Å². The summed E-state index contributed by atoms with van der Waals surface area (Å²) >= 11 is 0. The molecule has 2 rings (SSSR count). The van der Waals surface area contributed by atoms with Crippen molar-refractivity contribution in [3.05, 3.63) is 48.3 Å². The third-order valence-corrected chi connectivity index (χ3v) is 3.98. The van der Waals surface area contributed by atoms with Gasteiger partial charge >= 0.3 is 0 Å². The van der Waals surface area contributed by atoms with Gasteiger partial charge in [-0.05, 0) is 18.4 Å². The van der Waals surface area contributed by atoms with Crippen molar-refractivity contribution >= 4 is 0 Å². The summed E-state index contributed by atoms with van der Waals surface area (Å²) in [6, 6.07) is 10.9. The van der Waals surface area contributed by atoms with Crippen LogP contribution in [0.2, 0.25) is 0 Å². The Morgan fingerprint density at radius 3 is 2.20 bits per heavy atom. The number of unbranched alkanes of at least 4 members (excludes halogenated alkanes) is 2. The molecule has 0 aromatic heterocycles. The van der Waals surface area contributed by atoms with Crippen LogP contribution < -0.4 is 0 Å². The molecule has 0 bridgehead atoms. The Morgan fingerprint density at radius 1 is 0.850 bits per heavy atom. The van der Waals surface area contributed by atoms with Gasteiger partial charge in [-0.15, -0.1) is 0 Å². The third-order valence-electron chi connectivity index (χ3n) is 3.98. The highest BCUT2D eigenvalue weighted by molar-refractivity contribution is 5.17. The van der Waals surface area contributed by atoms with Gasteiger partial charge < -0.3 is 9.80 Å². The van der Waals surface area contributed by atoms with Crippen molar-refractivity contribution in [1.29, 1.82) is 0 Å². The zero-order valence-electron chi connectivity index (χ0n) is 13.0. The second kappa shape index (κ2) is 7.98. The molecule has 2 heteroatoms. The van der Waals surface area contributed by atoms with Crippen LogP contribution in [-0.2, 0) is 6.42 Å². The molecule has 0 saturated heterocycles. The number of rotatable bonds is 8.